The summed E-state index contributed by atoms with van der Waals surface area (Å²) in [5.41, 5.74) is -2.60. The van der Waals surface area contributed by atoms with Gasteiger partial charge in [-0.1, -0.05) is 13.0 Å². The second-order valence-corrected chi connectivity index (χ2v) is 5.57. The van der Waals surface area contributed by atoms with Gasteiger partial charge in [0.15, 0.2) is 23.3 Å². The summed E-state index contributed by atoms with van der Waals surface area (Å²) in [7, 11) is 1.08. The molecular weight excluding hydrogens is 321 g/mol. The Kier molecular flexibility index (Phi) is 4.28. The topological polar surface area (TPSA) is 42.2 Å². The van der Waals surface area contributed by atoms with Crippen molar-refractivity contribution in [1.29, 1.82) is 5.26 Å². The zero-order chi connectivity index (χ0) is 17.6. The average Bonchev–Trinajstić information content (AvgIpc) is 2.74. The number of nitriles is 1. The first kappa shape index (κ1) is 17.5. The van der Waals surface area contributed by atoms with Crippen molar-refractivity contribution in [2.75, 3.05) is 7.11 Å². The lowest BCUT2D eigenvalue weighted by atomic mass is 9.77. The fourth-order valence-corrected chi connectivity index (χ4v) is 2.93. The predicted molar refractivity (Wildman–Crippen MR) is 69.8 cm³/mol. The van der Waals surface area contributed by atoms with Gasteiger partial charge in [-0.3, -0.25) is 0 Å². The van der Waals surface area contributed by atoms with E-state index < -0.39 is 47.1 Å². The standard InChI is InChI=1S/C15H14F5NO2/c1-7-11(8-4-5-9(16)12(17)13(8)22-3)10(6-21)23-14(7,2)15(18,19)20/h4-5,7,10-11H,1-3H3/t7-,10-,11-,14+/m0/s1. The first-order valence-electron chi connectivity index (χ1n) is 6.74. The number of alkyl halides is 3. The highest BCUT2D eigenvalue weighted by molar-refractivity contribution is 5.41. The van der Waals surface area contributed by atoms with Crippen LogP contribution in [0, 0.1) is 28.9 Å². The lowest BCUT2D eigenvalue weighted by molar-refractivity contribution is -0.270. The molecule has 1 aliphatic rings. The summed E-state index contributed by atoms with van der Waals surface area (Å²) in [6.45, 7) is 2.10. The van der Waals surface area contributed by atoms with E-state index in [2.05, 4.69) is 0 Å². The molecule has 23 heavy (non-hydrogen) atoms. The second-order valence-electron chi connectivity index (χ2n) is 5.57. The predicted octanol–water partition coefficient (Wildman–Crippen LogP) is 3.94. The van der Waals surface area contributed by atoms with Crippen LogP contribution in [0.2, 0.25) is 0 Å². The van der Waals surface area contributed by atoms with Gasteiger partial charge < -0.3 is 9.47 Å². The average molecular weight is 335 g/mol. The van der Waals surface area contributed by atoms with E-state index in [1.54, 1.807) is 6.07 Å². The largest absolute Gasteiger partial charge is 0.493 e. The summed E-state index contributed by atoms with van der Waals surface area (Å²) in [5.74, 6) is -5.33. The highest BCUT2D eigenvalue weighted by atomic mass is 19.4. The molecule has 1 fully saturated rings. The van der Waals surface area contributed by atoms with Crippen LogP contribution in [0.4, 0.5) is 22.0 Å². The van der Waals surface area contributed by atoms with Crippen molar-refractivity contribution in [2.45, 2.75) is 37.6 Å². The number of methoxy groups -OCH3 is 1. The molecule has 0 bridgehead atoms. The molecule has 126 valence electrons. The number of ether oxygens (including phenoxy) is 2. The van der Waals surface area contributed by atoms with Crippen molar-refractivity contribution in [3.63, 3.8) is 0 Å². The van der Waals surface area contributed by atoms with E-state index in [-0.39, 0.29) is 5.56 Å². The van der Waals surface area contributed by atoms with Gasteiger partial charge >= 0.3 is 6.18 Å². The van der Waals surface area contributed by atoms with Gasteiger partial charge in [0.25, 0.3) is 0 Å². The summed E-state index contributed by atoms with van der Waals surface area (Å²) in [6.07, 6.45) is -6.18. The number of rotatable bonds is 2. The molecule has 1 saturated heterocycles. The minimum atomic E-state index is -4.72. The van der Waals surface area contributed by atoms with Gasteiger partial charge in [-0.25, -0.2) is 4.39 Å². The van der Waals surface area contributed by atoms with Crippen LogP contribution in [0.1, 0.15) is 25.3 Å². The normalized spacial score (nSPS) is 31.0. The van der Waals surface area contributed by atoms with E-state index in [4.69, 9.17) is 14.7 Å². The van der Waals surface area contributed by atoms with E-state index in [0.29, 0.717) is 0 Å². The van der Waals surface area contributed by atoms with E-state index in [9.17, 15) is 22.0 Å². The first-order valence-corrected chi connectivity index (χ1v) is 6.74. The smallest absolute Gasteiger partial charge is 0.417 e. The summed E-state index contributed by atoms with van der Waals surface area (Å²) in [4.78, 5) is 0. The van der Waals surface area contributed by atoms with E-state index in [0.717, 1.165) is 26.2 Å². The Balaban J connectivity index is 2.60. The second kappa shape index (κ2) is 5.64. The Hall–Kier alpha value is -1.88. The molecule has 0 amide bonds. The van der Waals surface area contributed by atoms with Gasteiger partial charge in [0.2, 0.25) is 5.82 Å². The molecule has 0 aromatic heterocycles. The third-order valence-corrected chi connectivity index (χ3v) is 4.44. The maximum atomic E-state index is 13.9. The Morgan fingerprint density at radius 2 is 1.91 bits per heavy atom. The van der Waals surface area contributed by atoms with Crippen molar-refractivity contribution < 1.29 is 31.4 Å². The van der Waals surface area contributed by atoms with Gasteiger partial charge in [0.1, 0.15) is 0 Å². The molecule has 0 saturated carbocycles. The van der Waals surface area contributed by atoms with Gasteiger partial charge in [-0.2, -0.15) is 22.8 Å². The first-order chi connectivity index (χ1) is 10.6. The summed E-state index contributed by atoms with van der Waals surface area (Å²) in [5, 5.41) is 9.15. The van der Waals surface area contributed by atoms with Gasteiger partial charge in [-0.15, -0.1) is 0 Å². The molecule has 0 unspecified atom stereocenters. The quantitative estimate of drug-likeness (QED) is 0.769. The number of nitrogens with zero attached hydrogens (tertiary/aromatic N) is 1. The van der Waals surface area contributed by atoms with Crippen LogP contribution in [0.3, 0.4) is 0 Å². The van der Waals surface area contributed by atoms with Gasteiger partial charge in [0, 0.05) is 17.4 Å². The molecule has 8 heteroatoms. The SMILES string of the molecule is COc1c([C@H]2[C@H](C#N)O[C@@](C)(C(F)(F)F)[C@H]2C)ccc(F)c1F. The lowest BCUT2D eigenvalue weighted by Crippen LogP contribution is -2.46. The minimum absolute atomic E-state index is 0.0292. The van der Waals surface area contributed by atoms with Crippen LogP contribution < -0.4 is 4.74 Å². The van der Waals surface area contributed by atoms with Gasteiger partial charge in [-0.05, 0) is 13.0 Å². The van der Waals surface area contributed by atoms with Crippen LogP contribution in [-0.2, 0) is 4.74 Å². The number of halogens is 5. The van der Waals surface area contributed by atoms with E-state index in [1.807, 2.05) is 0 Å². The summed E-state index contributed by atoms with van der Waals surface area (Å²) < 4.78 is 76.9. The third kappa shape index (κ3) is 2.53. The zero-order valence-electron chi connectivity index (χ0n) is 12.5. The lowest BCUT2D eigenvalue weighted by Gasteiger charge is -2.31. The maximum absolute atomic E-state index is 13.9. The molecule has 1 heterocycles. The molecule has 3 nitrogen and oxygen atoms in total. The fraction of sp³-hybridized carbons (Fsp3) is 0.533. The van der Waals surface area contributed by atoms with Crippen molar-refractivity contribution >= 4 is 0 Å². The molecule has 0 spiro atoms. The van der Waals surface area contributed by atoms with Crippen LogP contribution in [0.15, 0.2) is 12.1 Å². The molecule has 0 N–H and O–H groups in total. The van der Waals surface area contributed by atoms with E-state index >= 15 is 0 Å². The molecule has 1 aromatic carbocycles. The zero-order valence-corrected chi connectivity index (χ0v) is 12.5. The fourth-order valence-electron chi connectivity index (χ4n) is 2.93. The number of hydrogen-bond donors (Lipinski definition) is 0. The van der Waals surface area contributed by atoms with Crippen LogP contribution in [-0.4, -0.2) is 25.0 Å². The summed E-state index contributed by atoms with van der Waals surface area (Å²) >= 11 is 0. The summed E-state index contributed by atoms with van der Waals surface area (Å²) in [6, 6.07) is 3.57. The molecule has 1 aliphatic heterocycles. The minimum Gasteiger partial charge on any atom is -0.493 e. The highest BCUT2D eigenvalue weighted by Crippen LogP contribution is 2.54. The Morgan fingerprint density at radius 3 is 2.39 bits per heavy atom. The Morgan fingerprint density at radius 1 is 1.30 bits per heavy atom. The third-order valence-electron chi connectivity index (χ3n) is 4.44. The molecule has 1 aromatic rings. The van der Waals surface area contributed by atoms with Crippen molar-refractivity contribution in [3.8, 4) is 11.8 Å². The number of benzene rings is 1. The molecule has 0 aliphatic carbocycles. The van der Waals surface area contributed by atoms with Crippen LogP contribution in [0.5, 0.6) is 5.75 Å². The van der Waals surface area contributed by atoms with Gasteiger partial charge in [0.05, 0.1) is 13.2 Å². The van der Waals surface area contributed by atoms with Crippen LogP contribution >= 0.6 is 0 Å². The van der Waals surface area contributed by atoms with Crippen molar-refractivity contribution in [2.24, 2.45) is 5.92 Å². The Labute approximate surface area is 129 Å². The molecule has 0 radical (unpaired) electrons. The molecule has 2 rings (SSSR count). The molecular formula is C15H14F5NO2. The highest BCUT2D eigenvalue weighted by Gasteiger charge is 2.64. The van der Waals surface area contributed by atoms with Crippen molar-refractivity contribution in [3.05, 3.63) is 29.3 Å². The van der Waals surface area contributed by atoms with Crippen molar-refractivity contribution in [1.82, 2.24) is 0 Å². The van der Waals surface area contributed by atoms with E-state index in [1.165, 1.54) is 6.92 Å². The monoisotopic (exact) mass is 335 g/mol. The Bertz CT molecular complexity index is 654. The number of hydrogen-bond acceptors (Lipinski definition) is 3. The van der Waals surface area contributed by atoms with Crippen LogP contribution in [0.25, 0.3) is 0 Å². The molecule has 4 atom stereocenters. The maximum Gasteiger partial charge on any atom is 0.417 e.